The van der Waals surface area contributed by atoms with E-state index in [1.54, 1.807) is 29.2 Å². The van der Waals surface area contributed by atoms with Crippen LogP contribution in [-0.2, 0) is 4.74 Å². The maximum absolute atomic E-state index is 12.5. The molecule has 2 amide bonds. The average Bonchev–Trinajstić information content (AvgIpc) is 2.61. The highest BCUT2D eigenvalue weighted by Gasteiger charge is 2.19. The summed E-state index contributed by atoms with van der Waals surface area (Å²) in [5.41, 5.74) is 1.27. The van der Waals surface area contributed by atoms with Crippen LogP contribution in [0.4, 0.5) is 0 Å². The van der Waals surface area contributed by atoms with Crippen LogP contribution in [0.25, 0.3) is 0 Å². The lowest BCUT2D eigenvalue weighted by Gasteiger charge is -2.27. The monoisotopic (exact) mass is 318 g/mol. The molecule has 0 bridgehead atoms. The number of ether oxygens (including phenoxy) is 1. The Morgan fingerprint density at radius 3 is 2.04 bits per heavy atom. The average molecular weight is 318 g/mol. The molecule has 1 aliphatic rings. The molecule has 0 spiro atoms. The summed E-state index contributed by atoms with van der Waals surface area (Å²) < 4.78 is 5.26. The first-order valence-corrected chi connectivity index (χ1v) is 8.43. The Bertz CT molecular complexity index is 516. The SMILES string of the molecule is CCCN(CCC)C(=O)c1ccc(C(=O)N2CCOCC2)cc1. The Kier molecular flexibility index (Phi) is 6.59. The third-order valence-electron chi connectivity index (χ3n) is 3.95. The predicted octanol–water partition coefficient (Wildman–Crippen LogP) is 2.42. The maximum atomic E-state index is 12.5. The van der Waals surface area contributed by atoms with Gasteiger partial charge in [0.25, 0.3) is 11.8 Å². The smallest absolute Gasteiger partial charge is 0.254 e. The van der Waals surface area contributed by atoms with Gasteiger partial charge in [0.1, 0.15) is 0 Å². The lowest BCUT2D eigenvalue weighted by molar-refractivity contribution is 0.0303. The van der Waals surface area contributed by atoms with Crippen molar-refractivity contribution in [1.82, 2.24) is 9.80 Å². The maximum Gasteiger partial charge on any atom is 0.254 e. The van der Waals surface area contributed by atoms with Crippen molar-refractivity contribution in [2.24, 2.45) is 0 Å². The van der Waals surface area contributed by atoms with Gasteiger partial charge in [-0.2, -0.15) is 0 Å². The molecule has 0 aliphatic carbocycles. The number of morpholine rings is 1. The minimum Gasteiger partial charge on any atom is -0.378 e. The Labute approximate surface area is 138 Å². The summed E-state index contributed by atoms with van der Waals surface area (Å²) in [4.78, 5) is 28.6. The summed E-state index contributed by atoms with van der Waals surface area (Å²) in [6, 6.07) is 7.02. The number of hydrogen-bond acceptors (Lipinski definition) is 3. The number of nitrogens with zero attached hydrogens (tertiary/aromatic N) is 2. The van der Waals surface area contributed by atoms with E-state index < -0.39 is 0 Å². The van der Waals surface area contributed by atoms with Gasteiger partial charge in [-0.3, -0.25) is 9.59 Å². The molecule has 5 nitrogen and oxygen atoms in total. The van der Waals surface area contributed by atoms with E-state index in [0.717, 1.165) is 25.9 Å². The van der Waals surface area contributed by atoms with E-state index >= 15 is 0 Å². The number of carbonyl (C=O) groups excluding carboxylic acids is 2. The van der Waals surface area contributed by atoms with Crippen LogP contribution in [0.3, 0.4) is 0 Å². The highest BCUT2D eigenvalue weighted by Crippen LogP contribution is 2.12. The van der Waals surface area contributed by atoms with Crippen molar-refractivity contribution >= 4 is 11.8 Å². The van der Waals surface area contributed by atoms with Gasteiger partial charge >= 0.3 is 0 Å². The van der Waals surface area contributed by atoms with Crippen LogP contribution in [0.1, 0.15) is 47.4 Å². The fraction of sp³-hybridized carbons (Fsp3) is 0.556. The zero-order valence-electron chi connectivity index (χ0n) is 14.1. The number of amides is 2. The molecule has 0 atom stereocenters. The standard InChI is InChI=1S/C18H26N2O3/c1-3-9-19(10-4-2)17(21)15-5-7-16(8-6-15)18(22)20-11-13-23-14-12-20/h5-8H,3-4,9-14H2,1-2H3. The predicted molar refractivity (Wildman–Crippen MR) is 89.7 cm³/mol. The van der Waals surface area contributed by atoms with E-state index in [0.29, 0.717) is 37.4 Å². The van der Waals surface area contributed by atoms with E-state index in [2.05, 4.69) is 13.8 Å². The molecule has 1 fully saturated rings. The molecule has 0 saturated carbocycles. The lowest BCUT2D eigenvalue weighted by atomic mass is 10.1. The van der Waals surface area contributed by atoms with Crippen molar-refractivity contribution in [2.75, 3.05) is 39.4 Å². The molecule has 2 rings (SSSR count). The van der Waals surface area contributed by atoms with Crippen LogP contribution >= 0.6 is 0 Å². The molecule has 126 valence electrons. The van der Waals surface area contributed by atoms with Crippen LogP contribution in [-0.4, -0.2) is 61.0 Å². The minimum absolute atomic E-state index is 0.00581. The second kappa shape index (κ2) is 8.67. The summed E-state index contributed by atoms with van der Waals surface area (Å²) in [5.74, 6) is 0.0466. The van der Waals surface area contributed by atoms with Gasteiger partial charge in [0.05, 0.1) is 13.2 Å². The van der Waals surface area contributed by atoms with Crippen LogP contribution in [0, 0.1) is 0 Å². The van der Waals surface area contributed by atoms with Crippen LogP contribution in [0.2, 0.25) is 0 Å². The number of hydrogen-bond donors (Lipinski definition) is 0. The van der Waals surface area contributed by atoms with Crippen molar-refractivity contribution < 1.29 is 14.3 Å². The topological polar surface area (TPSA) is 49.9 Å². The number of benzene rings is 1. The molecule has 1 aromatic carbocycles. The van der Waals surface area contributed by atoms with Gasteiger partial charge in [0, 0.05) is 37.3 Å². The molecule has 1 aliphatic heterocycles. The second-order valence-corrected chi connectivity index (χ2v) is 5.77. The lowest BCUT2D eigenvalue weighted by Crippen LogP contribution is -2.40. The summed E-state index contributed by atoms with van der Waals surface area (Å²) in [7, 11) is 0. The molecular weight excluding hydrogens is 292 g/mol. The Morgan fingerprint density at radius 1 is 1.00 bits per heavy atom. The van der Waals surface area contributed by atoms with Gasteiger partial charge in [-0.25, -0.2) is 0 Å². The Balaban J connectivity index is 2.05. The Hall–Kier alpha value is -1.88. The second-order valence-electron chi connectivity index (χ2n) is 5.77. The fourth-order valence-electron chi connectivity index (χ4n) is 2.74. The fourth-order valence-corrected chi connectivity index (χ4v) is 2.74. The zero-order valence-corrected chi connectivity index (χ0v) is 14.1. The highest BCUT2D eigenvalue weighted by molar-refractivity contribution is 5.97. The molecule has 1 aromatic rings. The minimum atomic E-state index is 0.00581. The molecule has 5 heteroatoms. The molecule has 0 N–H and O–H groups in total. The zero-order chi connectivity index (χ0) is 16.7. The molecule has 1 heterocycles. The van der Waals surface area contributed by atoms with E-state index in [4.69, 9.17) is 4.74 Å². The third kappa shape index (κ3) is 4.55. The molecule has 0 radical (unpaired) electrons. The number of carbonyl (C=O) groups is 2. The summed E-state index contributed by atoms with van der Waals surface area (Å²) in [6.07, 6.45) is 1.89. The van der Waals surface area contributed by atoms with Gasteiger partial charge in [-0.05, 0) is 37.1 Å². The largest absolute Gasteiger partial charge is 0.378 e. The summed E-state index contributed by atoms with van der Waals surface area (Å²) >= 11 is 0. The molecule has 0 unspecified atom stereocenters. The summed E-state index contributed by atoms with van der Waals surface area (Å²) in [5, 5.41) is 0. The van der Waals surface area contributed by atoms with Gasteiger partial charge in [0.2, 0.25) is 0 Å². The molecule has 23 heavy (non-hydrogen) atoms. The van der Waals surface area contributed by atoms with E-state index in [1.165, 1.54) is 0 Å². The van der Waals surface area contributed by atoms with Gasteiger partial charge in [0.15, 0.2) is 0 Å². The first-order chi connectivity index (χ1) is 11.2. The Morgan fingerprint density at radius 2 is 1.52 bits per heavy atom. The van der Waals surface area contributed by atoms with Crippen molar-refractivity contribution in [2.45, 2.75) is 26.7 Å². The van der Waals surface area contributed by atoms with E-state index in [9.17, 15) is 9.59 Å². The summed E-state index contributed by atoms with van der Waals surface area (Å²) in [6.45, 7) is 8.10. The molecular formula is C18H26N2O3. The number of rotatable bonds is 6. The van der Waals surface area contributed by atoms with Gasteiger partial charge in [-0.1, -0.05) is 13.8 Å². The van der Waals surface area contributed by atoms with E-state index in [-0.39, 0.29) is 11.8 Å². The van der Waals surface area contributed by atoms with E-state index in [1.807, 2.05) is 4.90 Å². The van der Waals surface area contributed by atoms with Crippen molar-refractivity contribution in [3.8, 4) is 0 Å². The van der Waals surface area contributed by atoms with Crippen molar-refractivity contribution in [3.63, 3.8) is 0 Å². The first-order valence-electron chi connectivity index (χ1n) is 8.43. The first kappa shape index (κ1) is 17.5. The van der Waals surface area contributed by atoms with Gasteiger partial charge in [-0.15, -0.1) is 0 Å². The highest BCUT2D eigenvalue weighted by atomic mass is 16.5. The van der Waals surface area contributed by atoms with Crippen LogP contribution < -0.4 is 0 Å². The van der Waals surface area contributed by atoms with Crippen LogP contribution in [0.15, 0.2) is 24.3 Å². The van der Waals surface area contributed by atoms with Gasteiger partial charge < -0.3 is 14.5 Å². The van der Waals surface area contributed by atoms with Crippen molar-refractivity contribution in [1.29, 1.82) is 0 Å². The van der Waals surface area contributed by atoms with Crippen molar-refractivity contribution in [3.05, 3.63) is 35.4 Å². The third-order valence-corrected chi connectivity index (χ3v) is 3.95. The quantitative estimate of drug-likeness (QED) is 0.809. The molecule has 1 saturated heterocycles. The molecule has 0 aromatic heterocycles. The van der Waals surface area contributed by atoms with Crippen LogP contribution in [0.5, 0.6) is 0 Å². The normalized spacial score (nSPS) is 14.6.